The molecule has 0 unspecified atom stereocenters. The highest BCUT2D eigenvalue weighted by atomic mass is 16.2. The molecule has 26 heavy (non-hydrogen) atoms. The van der Waals surface area contributed by atoms with Gasteiger partial charge in [-0.2, -0.15) is 5.10 Å². The molecular formula is C20H27N5O. The summed E-state index contributed by atoms with van der Waals surface area (Å²) in [4.78, 5) is 18.4. The van der Waals surface area contributed by atoms with E-state index in [1.54, 1.807) is 19.0 Å². The first-order valence-corrected chi connectivity index (χ1v) is 8.89. The summed E-state index contributed by atoms with van der Waals surface area (Å²) < 4.78 is 4.04. The molecule has 1 aromatic carbocycles. The summed E-state index contributed by atoms with van der Waals surface area (Å²) in [5.74, 6) is 1.65. The summed E-state index contributed by atoms with van der Waals surface area (Å²) in [5, 5.41) is 5.94. The normalized spacial score (nSPS) is 11.9. The average molecular weight is 353 g/mol. The van der Waals surface area contributed by atoms with Crippen molar-refractivity contribution in [3.05, 3.63) is 36.3 Å². The number of benzene rings is 1. The molecule has 0 spiro atoms. The summed E-state index contributed by atoms with van der Waals surface area (Å²) in [6, 6.07) is 8.28. The summed E-state index contributed by atoms with van der Waals surface area (Å²) in [5.41, 5.74) is 1.97. The fraction of sp³-hybridized carbons (Fsp3) is 0.450. The number of hydrogen-bond donors (Lipinski definition) is 0. The van der Waals surface area contributed by atoms with Crippen LogP contribution in [-0.2, 0) is 23.8 Å². The van der Waals surface area contributed by atoms with Gasteiger partial charge in [-0.15, -0.1) is 0 Å². The second kappa shape index (κ2) is 6.59. The Morgan fingerprint density at radius 1 is 1.19 bits per heavy atom. The molecule has 3 rings (SSSR count). The highest BCUT2D eigenvalue weighted by Crippen LogP contribution is 2.28. The minimum absolute atomic E-state index is 0.0974. The van der Waals surface area contributed by atoms with Crippen LogP contribution in [0.3, 0.4) is 0 Å². The predicted octanol–water partition coefficient (Wildman–Crippen LogP) is 3.21. The van der Waals surface area contributed by atoms with E-state index >= 15 is 0 Å². The van der Waals surface area contributed by atoms with Crippen molar-refractivity contribution in [3.8, 4) is 11.4 Å². The van der Waals surface area contributed by atoms with Gasteiger partial charge in [0.1, 0.15) is 5.82 Å². The zero-order valence-electron chi connectivity index (χ0n) is 16.4. The van der Waals surface area contributed by atoms with E-state index in [9.17, 15) is 4.79 Å². The third kappa shape index (κ3) is 3.36. The first-order valence-electron chi connectivity index (χ1n) is 8.89. The Bertz CT molecular complexity index is 943. The van der Waals surface area contributed by atoms with E-state index in [1.807, 2.05) is 24.0 Å². The Morgan fingerprint density at radius 2 is 1.92 bits per heavy atom. The van der Waals surface area contributed by atoms with Crippen molar-refractivity contribution in [2.75, 3.05) is 14.1 Å². The number of amides is 1. The lowest BCUT2D eigenvalue weighted by atomic mass is 10.1. The average Bonchev–Trinajstić information content (AvgIpc) is 3.16. The lowest BCUT2D eigenvalue weighted by Gasteiger charge is -2.21. The summed E-state index contributed by atoms with van der Waals surface area (Å²) >= 11 is 0. The Morgan fingerprint density at radius 3 is 2.58 bits per heavy atom. The molecule has 0 N–H and O–H groups in total. The molecule has 0 saturated heterocycles. The predicted molar refractivity (Wildman–Crippen MR) is 104 cm³/mol. The van der Waals surface area contributed by atoms with Crippen molar-refractivity contribution >= 4 is 16.8 Å². The van der Waals surface area contributed by atoms with Crippen LogP contribution >= 0.6 is 0 Å². The molecule has 0 aliphatic heterocycles. The summed E-state index contributed by atoms with van der Waals surface area (Å²) in [6.07, 6.45) is 3.05. The van der Waals surface area contributed by atoms with Gasteiger partial charge in [0.25, 0.3) is 0 Å². The van der Waals surface area contributed by atoms with Crippen LogP contribution in [0.25, 0.3) is 22.3 Å². The van der Waals surface area contributed by atoms with Gasteiger partial charge in [0.15, 0.2) is 5.82 Å². The molecule has 6 heteroatoms. The third-order valence-corrected chi connectivity index (χ3v) is 4.54. The highest BCUT2D eigenvalue weighted by Gasteiger charge is 2.23. The Kier molecular flexibility index (Phi) is 4.61. The van der Waals surface area contributed by atoms with E-state index < -0.39 is 0 Å². The van der Waals surface area contributed by atoms with Gasteiger partial charge in [0.05, 0.1) is 5.54 Å². The second-order valence-corrected chi connectivity index (χ2v) is 7.89. The quantitative estimate of drug-likeness (QED) is 0.724. The number of carbonyl (C=O) groups excluding carboxylic acids is 1. The van der Waals surface area contributed by atoms with Crippen LogP contribution in [0.4, 0.5) is 0 Å². The minimum Gasteiger partial charge on any atom is -0.351 e. The summed E-state index contributed by atoms with van der Waals surface area (Å²) in [7, 11) is 5.59. The highest BCUT2D eigenvalue weighted by molar-refractivity contribution is 5.93. The molecule has 0 atom stereocenters. The van der Waals surface area contributed by atoms with Crippen LogP contribution < -0.4 is 0 Å². The van der Waals surface area contributed by atoms with Crippen molar-refractivity contribution in [3.63, 3.8) is 0 Å². The Balaban J connectivity index is 2.04. The van der Waals surface area contributed by atoms with Crippen molar-refractivity contribution in [2.45, 2.75) is 39.2 Å². The fourth-order valence-electron chi connectivity index (χ4n) is 3.10. The monoisotopic (exact) mass is 353 g/mol. The number of hydrogen-bond acceptors (Lipinski definition) is 3. The zero-order chi connectivity index (χ0) is 19.1. The molecule has 0 bridgehead atoms. The fourth-order valence-corrected chi connectivity index (χ4v) is 3.10. The van der Waals surface area contributed by atoms with Crippen molar-refractivity contribution in [1.29, 1.82) is 0 Å². The van der Waals surface area contributed by atoms with Crippen LogP contribution in [0.5, 0.6) is 0 Å². The van der Waals surface area contributed by atoms with Gasteiger partial charge in [-0.25, -0.2) is 9.67 Å². The maximum atomic E-state index is 12.0. The molecule has 2 aromatic heterocycles. The number of nitrogens with zero attached hydrogens (tertiary/aromatic N) is 5. The second-order valence-electron chi connectivity index (χ2n) is 7.89. The van der Waals surface area contributed by atoms with E-state index in [-0.39, 0.29) is 11.4 Å². The number of rotatable bonds is 4. The smallest absolute Gasteiger partial charge is 0.222 e. The van der Waals surface area contributed by atoms with Gasteiger partial charge >= 0.3 is 0 Å². The van der Waals surface area contributed by atoms with E-state index in [2.05, 4.69) is 43.5 Å². The van der Waals surface area contributed by atoms with Gasteiger partial charge in [0, 0.05) is 56.6 Å². The van der Waals surface area contributed by atoms with E-state index in [1.165, 1.54) is 0 Å². The van der Waals surface area contributed by atoms with Gasteiger partial charge in [-0.1, -0.05) is 12.1 Å². The SMILES string of the molecule is CN(C)C(=O)CCc1nc(-c2cccc3c2ccn3C)nn1C(C)(C)C. The zero-order valence-corrected chi connectivity index (χ0v) is 16.4. The summed E-state index contributed by atoms with van der Waals surface area (Å²) in [6.45, 7) is 6.31. The van der Waals surface area contributed by atoms with Crippen LogP contribution in [-0.4, -0.2) is 44.2 Å². The minimum atomic E-state index is -0.202. The maximum absolute atomic E-state index is 12.0. The number of carbonyl (C=O) groups is 1. The van der Waals surface area contributed by atoms with Gasteiger partial charge in [-0.05, 0) is 32.9 Å². The van der Waals surface area contributed by atoms with Crippen LogP contribution in [0.15, 0.2) is 30.5 Å². The van der Waals surface area contributed by atoms with E-state index in [0.29, 0.717) is 18.7 Å². The largest absolute Gasteiger partial charge is 0.351 e. The molecule has 2 heterocycles. The molecule has 0 fully saturated rings. The maximum Gasteiger partial charge on any atom is 0.222 e. The van der Waals surface area contributed by atoms with Crippen LogP contribution in [0.1, 0.15) is 33.0 Å². The van der Waals surface area contributed by atoms with Crippen LogP contribution in [0.2, 0.25) is 0 Å². The van der Waals surface area contributed by atoms with E-state index in [4.69, 9.17) is 10.1 Å². The number of aryl methyl sites for hydroxylation is 2. The lowest BCUT2D eigenvalue weighted by molar-refractivity contribution is -0.128. The molecule has 0 aliphatic carbocycles. The number of fused-ring (bicyclic) bond motifs is 1. The molecule has 1 amide bonds. The Hall–Kier alpha value is -2.63. The first kappa shape index (κ1) is 18.2. The van der Waals surface area contributed by atoms with Crippen molar-refractivity contribution < 1.29 is 4.79 Å². The van der Waals surface area contributed by atoms with E-state index in [0.717, 1.165) is 22.3 Å². The standard InChI is InChI=1S/C20H27N5O/c1-20(2,3)25-17(10-11-18(26)23(4)5)21-19(22-25)15-8-7-9-16-14(15)12-13-24(16)6/h7-9,12-13H,10-11H2,1-6H3. The molecule has 0 radical (unpaired) electrons. The molecule has 3 aromatic rings. The molecular weight excluding hydrogens is 326 g/mol. The van der Waals surface area contributed by atoms with Gasteiger partial charge in [0.2, 0.25) is 5.91 Å². The first-order chi connectivity index (χ1) is 12.2. The van der Waals surface area contributed by atoms with Gasteiger partial charge in [-0.3, -0.25) is 4.79 Å². The third-order valence-electron chi connectivity index (χ3n) is 4.54. The lowest BCUT2D eigenvalue weighted by Crippen LogP contribution is -2.27. The molecule has 6 nitrogen and oxygen atoms in total. The van der Waals surface area contributed by atoms with Crippen molar-refractivity contribution in [2.24, 2.45) is 7.05 Å². The molecule has 138 valence electrons. The van der Waals surface area contributed by atoms with Gasteiger partial charge < -0.3 is 9.47 Å². The Labute approximate surface area is 154 Å². The topological polar surface area (TPSA) is 56.0 Å². The van der Waals surface area contributed by atoms with Crippen LogP contribution in [0, 0.1) is 0 Å². The number of aromatic nitrogens is 4. The van der Waals surface area contributed by atoms with Crippen molar-refractivity contribution in [1.82, 2.24) is 24.2 Å². The molecule has 0 saturated carbocycles. The molecule has 0 aliphatic rings.